The van der Waals surface area contributed by atoms with Gasteiger partial charge in [0.15, 0.2) is 0 Å². The van der Waals surface area contributed by atoms with Crippen LogP contribution in [0, 0.1) is 11.3 Å². The van der Waals surface area contributed by atoms with Crippen molar-refractivity contribution in [1.82, 2.24) is 4.90 Å². The summed E-state index contributed by atoms with van der Waals surface area (Å²) in [5.74, 6) is 0.656. The van der Waals surface area contributed by atoms with Gasteiger partial charge < -0.3 is 21.5 Å². The van der Waals surface area contributed by atoms with E-state index in [0.29, 0.717) is 5.92 Å². The van der Waals surface area contributed by atoms with Gasteiger partial charge in [0, 0.05) is 6.54 Å². The zero-order valence-corrected chi connectivity index (χ0v) is 19.7. The quantitative estimate of drug-likeness (QED) is 0.254. The molecule has 4 heteroatoms. The SMILES string of the molecule is CCCCC(C)C(C)(C)CC(O)CN(CCCCCCN)CCCCCCN. The molecule has 0 aliphatic heterocycles. The molecule has 0 fully saturated rings. The van der Waals surface area contributed by atoms with Crippen molar-refractivity contribution < 1.29 is 5.11 Å². The molecule has 0 rings (SSSR count). The van der Waals surface area contributed by atoms with Crippen LogP contribution in [-0.4, -0.2) is 48.8 Å². The summed E-state index contributed by atoms with van der Waals surface area (Å²) in [5.41, 5.74) is 11.4. The van der Waals surface area contributed by atoms with E-state index in [0.717, 1.165) is 52.0 Å². The summed E-state index contributed by atoms with van der Waals surface area (Å²) in [6.07, 6.45) is 14.1. The Kier molecular flexibility index (Phi) is 17.6. The van der Waals surface area contributed by atoms with E-state index < -0.39 is 0 Å². The van der Waals surface area contributed by atoms with Gasteiger partial charge in [-0.25, -0.2) is 0 Å². The molecule has 0 spiro atoms. The number of nitrogens with two attached hydrogens (primary N) is 2. The number of nitrogens with zero attached hydrogens (tertiary/aromatic N) is 1. The first kappa shape index (κ1) is 27.8. The molecular weight excluding hydrogens is 346 g/mol. The van der Waals surface area contributed by atoms with Crippen LogP contribution < -0.4 is 11.5 Å². The molecule has 0 aliphatic carbocycles. The average Bonchev–Trinajstić information content (AvgIpc) is 2.64. The van der Waals surface area contributed by atoms with Gasteiger partial charge in [0.25, 0.3) is 0 Å². The Morgan fingerprint density at radius 1 is 0.821 bits per heavy atom. The highest BCUT2D eigenvalue weighted by Crippen LogP contribution is 2.35. The van der Waals surface area contributed by atoms with Crippen molar-refractivity contribution in [3.05, 3.63) is 0 Å². The van der Waals surface area contributed by atoms with Crippen molar-refractivity contribution in [1.29, 1.82) is 0 Å². The van der Waals surface area contributed by atoms with Gasteiger partial charge >= 0.3 is 0 Å². The number of unbranched alkanes of at least 4 members (excludes halogenated alkanes) is 7. The summed E-state index contributed by atoms with van der Waals surface area (Å²) in [6, 6.07) is 0. The molecule has 0 saturated heterocycles. The monoisotopic (exact) mass is 399 g/mol. The lowest BCUT2D eigenvalue weighted by Gasteiger charge is -2.35. The van der Waals surface area contributed by atoms with Crippen molar-refractivity contribution in [3.8, 4) is 0 Å². The second-order valence-electron chi connectivity index (χ2n) is 9.60. The van der Waals surface area contributed by atoms with Crippen LogP contribution in [0.25, 0.3) is 0 Å². The van der Waals surface area contributed by atoms with E-state index in [9.17, 15) is 5.11 Å². The molecule has 0 bridgehead atoms. The summed E-state index contributed by atoms with van der Waals surface area (Å²) in [4.78, 5) is 2.50. The van der Waals surface area contributed by atoms with E-state index in [1.807, 2.05) is 0 Å². The van der Waals surface area contributed by atoms with E-state index in [-0.39, 0.29) is 11.5 Å². The number of hydrogen-bond acceptors (Lipinski definition) is 4. The maximum atomic E-state index is 10.8. The number of aliphatic hydroxyl groups excluding tert-OH is 1. The van der Waals surface area contributed by atoms with Gasteiger partial charge in [0.05, 0.1) is 6.10 Å². The van der Waals surface area contributed by atoms with Gasteiger partial charge in [0.2, 0.25) is 0 Å². The van der Waals surface area contributed by atoms with E-state index >= 15 is 0 Å². The third-order valence-electron chi connectivity index (χ3n) is 6.41. The van der Waals surface area contributed by atoms with Gasteiger partial charge in [-0.2, -0.15) is 0 Å². The van der Waals surface area contributed by atoms with Crippen LogP contribution in [0.2, 0.25) is 0 Å². The highest BCUT2D eigenvalue weighted by molar-refractivity contribution is 4.80. The van der Waals surface area contributed by atoms with Gasteiger partial charge in [-0.15, -0.1) is 0 Å². The second kappa shape index (κ2) is 17.7. The van der Waals surface area contributed by atoms with Gasteiger partial charge in [-0.05, 0) is 69.6 Å². The lowest BCUT2D eigenvalue weighted by molar-refractivity contribution is 0.0497. The molecule has 0 heterocycles. The van der Waals surface area contributed by atoms with Crippen molar-refractivity contribution in [2.45, 2.75) is 111 Å². The molecule has 0 aliphatic rings. The Morgan fingerprint density at radius 3 is 1.79 bits per heavy atom. The second-order valence-corrected chi connectivity index (χ2v) is 9.60. The van der Waals surface area contributed by atoms with Gasteiger partial charge in [-0.1, -0.05) is 72.6 Å². The average molecular weight is 400 g/mol. The molecular formula is C24H53N3O. The van der Waals surface area contributed by atoms with Crippen LogP contribution in [0.1, 0.15) is 105 Å². The summed E-state index contributed by atoms with van der Waals surface area (Å²) in [7, 11) is 0. The Bertz CT molecular complexity index is 322. The summed E-state index contributed by atoms with van der Waals surface area (Å²) < 4.78 is 0. The van der Waals surface area contributed by atoms with Crippen molar-refractivity contribution >= 4 is 0 Å². The van der Waals surface area contributed by atoms with E-state index in [1.54, 1.807) is 0 Å². The Hall–Kier alpha value is -0.160. The normalized spacial score (nSPS) is 14.6. The van der Waals surface area contributed by atoms with E-state index in [1.165, 1.54) is 57.8 Å². The van der Waals surface area contributed by atoms with Crippen LogP contribution in [-0.2, 0) is 0 Å². The minimum absolute atomic E-state index is 0.197. The predicted octanol–water partition coefficient (Wildman–Crippen LogP) is 4.93. The van der Waals surface area contributed by atoms with Crippen LogP contribution in [0.3, 0.4) is 0 Å². The smallest absolute Gasteiger partial charge is 0.0672 e. The Balaban J connectivity index is 4.44. The minimum Gasteiger partial charge on any atom is -0.392 e. The molecule has 5 N–H and O–H groups in total. The van der Waals surface area contributed by atoms with Crippen molar-refractivity contribution in [3.63, 3.8) is 0 Å². The molecule has 2 unspecified atom stereocenters. The molecule has 170 valence electrons. The highest BCUT2D eigenvalue weighted by atomic mass is 16.3. The van der Waals surface area contributed by atoms with Crippen LogP contribution in [0.5, 0.6) is 0 Å². The van der Waals surface area contributed by atoms with Crippen LogP contribution in [0.4, 0.5) is 0 Å². The molecule has 0 aromatic rings. The fourth-order valence-electron chi connectivity index (χ4n) is 4.03. The van der Waals surface area contributed by atoms with Crippen molar-refractivity contribution in [2.24, 2.45) is 22.8 Å². The van der Waals surface area contributed by atoms with Crippen LogP contribution in [0.15, 0.2) is 0 Å². The number of hydrogen-bond donors (Lipinski definition) is 3. The first-order valence-corrected chi connectivity index (χ1v) is 12.2. The maximum absolute atomic E-state index is 10.8. The maximum Gasteiger partial charge on any atom is 0.0672 e. The summed E-state index contributed by atoms with van der Waals surface area (Å²) >= 11 is 0. The fraction of sp³-hybridized carbons (Fsp3) is 1.00. The predicted molar refractivity (Wildman–Crippen MR) is 125 cm³/mol. The molecule has 2 atom stereocenters. The fourth-order valence-corrected chi connectivity index (χ4v) is 4.03. The largest absolute Gasteiger partial charge is 0.392 e. The van der Waals surface area contributed by atoms with E-state index in [4.69, 9.17) is 11.5 Å². The first-order valence-electron chi connectivity index (χ1n) is 12.2. The minimum atomic E-state index is -0.229. The number of aliphatic hydroxyl groups is 1. The first-order chi connectivity index (χ1) is 13.4. The lowest BCUT2D eigenvalue weighted by atomic mass is 9.73. The zero-order chi connectivity index (χ0) is 21.3. The highest BCUT2D eigenvalue weighted by Gasteiger charge is 2.28. The standard InChI is InChI=1S/C24H53N3O/c1-5-6-15-22(2)24(3,4)20-23(28)21-27(18-13-9-7-11-16-25)19-14-10-8-12-17-26/h22-23,28H,5-21,25-26H2,1-4H3. The van der Waals surface area contributed by atoms with Crippen molar-refractivity contribution in [2.75, 3.05) is 32.7 Å². The van der Waals surface area contributed by atoms with Gasteiger partial charge in [-0.3, -0.25) is 0 Å². The molecule has 0 radical (unpaired) electrons. The Morgan fingerprint density at radius 2 is 1.32 bits per heavy atom. The molecule has 0 amide bonds. The summed E-state index contributed by atoms with van der Waals surface area (Å²) in [5, 5.41) is 10.8. The third kappa shape index (κ3) is 14.8. The third-order valence-corrected chi connectivity index (χ3v) is 6.41. The van der Waals surface area contributed by atoms with Crippen LogP contribution >= 0.6 is 0 Å². The topological polar surface area (TPSA) is 75.5 Å². The Labute approximate surface area is 176 Å². The molecule has 4 nitrogen and oxygen atoms in total. The summed E-state index contributed by atoms with van der Waals surface area (Å²) in [6.45, 7) is 13.9. The molecule has 0 aromatic carbocycles. The lowest BCUT2D eigenvalue weighted by Crippen LogP contribution is -2.37. The molecule has 28 heavy (non-hydrogen) atoms. The number of rotatable bonds is 20. The zero-order valence-electron chi connectivity index (χ0n) is 19.7. The molecule has 0 aromatic heterocycles. The van der Waals surface area contributed by atoms with E-state index in [2.05, 4.69) is 32.6 Å². The molecule has 0 saturated carbocycles. The van der Waals surface area contributed by atoms with Gasteiger partial charge in [0.1, 0.15) is 0 Å².